The molecule has 0 unspecified atom stereocenters. The summed E-state index contributed by atoms with van der Waals surface area (Å²) in [6.45, 7) is 5.78. The number of nitrogens with zero attached hydrogens (tertiary/aromatic N) is 2. The van der Waals surface area contributed by atoms with E-state index in [0.717, 1.165) is 17.5 Å². The number of rotatable bonds is 4. The maximum Gasteiger partial charge on any atom is 0.417 e. The lowest BCUT2D eigenvalue weighted by Gasteiger charge is -2.13. The Morgan fingerprint density at radius 1 is 1.15 bits per heavy atom. The third-order valence-corrected chi connectivity index (χ3v) is 4.21. The van der Waals surface area contributed by atoms with E-state index in [1.807, 2.05) is 49.6 Å². The molecular formula is C19H18ClF3N2O. The lowest BCUT2D eigenvalue weighted by Crippen LogP contribution is -2.06. The number of fused-ring (bicyclic) bond motifs is 1. The standard InChI is InChI=1S/C19H18ClF3N2O/c1-4-18-24-16-9-14(19(21,22)23)15(20)10-17(16)25(18)12-5-7-13(8-6-12)26-11(2)3/h5-11H,4H2,1-3H3. The van der Waals surface area contributed by atoms with Crippen LogP contribution in [0.4, 0.5) is 13.2 Å². The van der Waals surface area contributed by atoms with Gasteiger partial charge in [-0.3, -0.25) is 4.57 Å². The monoisotopic (exact) mass is 382 g/mol. The molecule has 0 saturated carbocycles. The minimum absolute atomic E-state index is 0.0562. The molecule has 138 valence electrons. The summed E-state index contributed by atoms with van der Waals surface area (Å²) in [5.74, 6) is 1.39. The molecule has 2 aromatic carbocycles. The summed E-state index contributed by atoms with van der Waals surface area (Å²) in [5, 5.41) is -0.339. The predicted octanol–water partition coefficient (Wildman–Crippen LogP) is 6.05. The van der Waals surface area contributed by atoms with Crippen LogP contribution >= 0.6 is 11.6 Å². The van der Waals surface area contributed by atoms with E-state index >= 15 is 0 Å². The van der Waals surface area contributed by atoms with Gasteiger partial charge in [0.1, 0.15) is 11.6 Å². The molecule has 0 radical (unpaired) electrons. The van der Waals surface area contributed by atoms with E-state index in [9.17, 15) is 13.2 Å². The second-order valence-corrected chi connectivity index (χ2v) is 6.60. The van der Waals surface area contributed by atoms with Crippen LogP contribution in [0.1, 0.15) is 32.2 Å². The molecule has 0 saturated heterocycles. The van der Waals surface area contributed by atoms with Crippen LogP contribution in [0, 0.1) is 0 Å². The van der Waals surface area contributed by atoms with Crippen LogP contribution in [0.25, 0.3) is 16.7 Å². The van der Waals surface area contributed by atoms with E-state index in [4.69, 9.17) is 16.3 Å². The molecule has 0 aliphatic heterocycles. The smallest absolute Gasteiger partial charge is 0.417 e. The first kappa shape index (κ1) is 18.6. The summed E-state index contributed by atoms with van der Waals surface area (Å²) in [6.07, 6.45) is -3.89. The van der Waals surface area contributed by atoms with Crippen LogP contribution < -0.4 is 4.74 Å². The summed E-state index contributed by atoms with van der Waals surface area (Å²) < 4.78 is 46.8. The normalized spacial score (nSPS) is 12.2. The Bertz CT molecular complexity index is 931. The van der Waals surface area contributed by atoms with Crippen molar-refractivity contribution in [2.75, 3.05) is 0 Å². The highest BCUT2D eigenvalue weighted by Gasteiger charge is 2.34. The number of halogens is 4. The number of imidazole rings is 1. The van der Waals surface area contributed by atoms with Gasteiger partial charge in [-0.15, -0.1) is 0 Å². The fourth-order valence-electron chi connectivity index (χ4n) is 2.84. The van der Waals surface area contributed by atoms with Crippen molar-refractivity contribution in [2.45, 2.75) is 39.5 Å². The van der Waals surface area contributed by atoms with Gasteiger partial charge in [0.15, 0.2) is 0 Å². The average molecular weight is 383 g/mol. The number of ether oxygens (including phenoxy) is 1. The molecule has 26 heavy (non-hydrogen) atoms. The molecule has 3 nitrogen and oxygen atoms in total. The molecule has 3 aromatic rings. The van der Waals surface area contributed by atoms with E-state index < -0.39 is 11.7 Å². The Kier molecular flexibility index (Phi) is 4.88. The van der Waals surface area contributed by atoms with Crippen molar-refractivity contribution in [3.8, 4) is 11.4 Å². The zero-order valence-corrected chi connectivity index (χ0v) is 15.3. The largest absolute Gasteiger partial charge is 0.491 e. The van der Waals surface area contributed by atoms with Crippen molar-refractivity contribution >= 4 is 22.6 Å². The first-order chi connectivity index (χ1) is 12.2. The van der Waals surface area contributed by atoms with Gasteiger partial charge < -0.3 is 4.74 Å². The second kappa shape index (κ2) is 6.83. The Hall–Kier alpha value is -2.21. The maximum atomic E-state index is 13.1. The van der Waals surface area contributed by atoms with E-state index in [0.29, 0.717) is 17.8 Å². The van der Waals surface area contributed by atoms with E-state index in [-0.39, 0.29) is 16.6 Å². The molecule has 0 aliphatic carbocycles. The van der Waals surface area contributed by atoms with Gasteiger partial charge in [-0.05, 0) is 50.2 Å². The molecular weight excluding hydrogens is 365 g/mol. The number of benzene rings is 2. The maximum absolute atomic E-state index is 13.1. The van der Waals surface area contributed by atoms with Gasteiger partial charge in [0, 0.05) is 12.1 Å². The van der Waals surface area contributed by atoms with Crippen LogP contribution in [0.2, 0.25) is 5.02 Å². The molecule has 7 heteroatoms. The van der Waals surface area contributed by atoms with Crippen LogP contribution in [-0.4, -0.2) is 15.7 Å². The molecule has 0 aliphatic rings. The summed E-state index contributed by atoms with van der Waals surface area (Å²) in [7, 11) is 0. The third kappa shape index (κ3) is 3.51. The minimum atomic E-state index is -4.52. The highest BCUT2D eigenvalue weighted by atomic mass is 35.5. The van der Waals surface area contributed by atoms with E-state index in [1.165, 1.54) is 6.07 Å². The van der Waals surface area contributed by atoms with Gasteiger partial charge in [0.25, 0.3) is 0 Å². The van der Waals surface area contributed by atoms with E-state index in [2.05, 4.69) is 4.98 Å². The summed E-state index contributed by atoms with van der Waals surface area (Å²) >= 11 is 5.90. The summed E-state index contributed by atoms with van der Waals surface area (Å²) in [5.41, 5.74) is 0.717. The highest BCUT2D eigenvalue weighted by molar-refractivity contribution is 6.32. The van der Waals surface area contributed by atoms with Gasteiger partial charge in [-0.1, -0.05) is 18.5 Å². The van der Waals surface area contributed by atoms with Gasteiger partial charge in [-0.25, -0.2) is 4.98 Å². The molecule has 1 aromatic heterocycles. The second-order valence-electron chi connectivity index (χ2n) is 6.20. The number of hydrogen-bond acceptors (Lipinski definition) is 2. The minimum Gasteiger partial charge on any atom is -0.491 e. The number of aromatic nitrogens is 2. The van der Waals surface area contributed by atoms with Crippen molar-refractivity contribution < 1.29 is 17.9 Å². The fourth-order valence-corrected chi connectivity index (χ4v) is 3.10. The zero-order valence-electron chi connectivity index (χ0n) is 14.6. The lowest BCUT2D eigenvalue weighted by atomic mass is 10.2. The Morgan fingerprint density at radius 3 is 2.35 bits per heavy atom. The zero-order chi connectivity index (χ0) is 19.1. The van der Waals surface area contributed by atoms with E-state index in [1.54, 1.807) is 0 Å². The quantitative estimate of drug-likeness (QED) is 0.549. The Balaban J connectivity index is 2.14. The van der Waals surface area contributed by atoms with Crippen molar-refractivity contribution in [1.29, 1.82) is 0 Å². The van der Waals surface area contributed by atoms with Gasteiger partial charge in [-0.2, -0.15) is 13.2 Å². The lowest BCUT2D eigenvalue weighted by molar-refractivity contribution is -0.137. The summed E-state index contributed by atoms with van der Waals surface area (Å²) in [6, 6.07) is 9.68. The van der Waals surface area contributed by atoms with Gasteiger partial charge in [0.2, 0.25) is 0 Å². The van der Waals surface area contributed by atoms with Crippen LogP contribution in [0.15, 0.2) is 36.4 Å². The fraction of sp³-hybridized carbons (Fsp3) is 0.316. The van der Waals surface area contributed by atoms with Crippen molar-refractivity contribution in [2.24, 2.45) is 0 Å². The first-order valence-electron chi connectivity index (χ1n) is 8.26. The molecule has 0 N–H and O–H groups in total. The van der Waals surface area contributed by atoms with Crippen LogP contribution in [-0.2, 0) is 12.6 Å². The summed E-state index contributed by atoms with van der Waals surface area (Å²) in [4.78, 5) is 4.37. The Labute approximate surface area is 154 Å². The molecule has 0 bridgehead atoms. The molecule has 1 heterocycles. The molecule has 3 rings (SSSR count). The van der Waals surface area contributed by atoms with Crippen LogP contribution in [0.3, 0.4) is 0 Å². The third-order valence-electron chi connectivity index (χ3n) is 3.90. The number of aryl methyl sites for hydroxylation is 1. The average Bonchev–Trinajstić information content (AvgIpc) is 2.91. The van der Waals surface area contributed by atoms with Crippen LogP contribution in [0.5, 0.6) is 5.75 Å². The molecule has 0 fully saturated rings. The van der Waals surface area contributed by atoms with Gasteiger partial charge >= 0.3 is 6.18 Å². The van der Waals surface area contributed by atoms with Crippen molar-refractivity contribution in [3.05, 3.63) is 52.8 Å². The highest BCUT2D eigenvalue weighted by Crippen LogP contribution is 2.37. The molecule has 0 spiro atoms. The number of alkyl halides is 3. The molecule has 0 atom stereocenters. The van der Waals surface area contributed by atoms with Gasteiger partial charge in [0.05, 0.1) is 27.7 Å². The van der Waals surface area contributed by atoms with Crippen molar-refractivity contribution in [3.63, 3.8) is 0 Å². The Morgan fingerprint density at radius 2 is 1.81 bits per heavy atom. The number of hydrogen-bond donors (Lipinski definition) is 0. The SMILES string of the molecule is CCc1nc2cc(C(F)(F)F)c(Cl)cc2n1-c1ccc(OC(C)C)cc1. The first-order valence-corrected chi connectivity index (χ1v) is 8.63. The predicted molar refractivity (Wildman–Crippen MR) is 96.2 cm³/mol. The van der Waals surface area contributed by atoms with Crippen molar-refractivity contribution in [1.82, 2.24) is 9.55 Å². The topological polar surface area (TPSA) is 27.1 Å². The molecule has 0 amide bonds.